The summed E-state index contributed by atoms with van der Waals surface area (Å²) in [4.78, 5) is 24.9. The predicted molar refractivity (Wildman–Crippen MR) is 93.8 cm³/mol. The van der Waals surface area contributed by atoms with Crippen molar-refractivity contribution < 1.29 is 4.79 Å². The second-order valence-corrected chi connectivity index (χ2v) is 5.91. The molecule has 126 valence electrons. The van der Waals surface area contributed by atoms with Crippen LogP contribution in [0.2, 0.25) is 0 Å². The second-order valence-electron chi connectivity index (χ2n) is 5.91. The van der Waals surface area contributed by atoms with Gasteiger partial charge in [-0.3, -0.25) is 14.7 Å². The van der Waals surface area contributed by atoms with Crippen molar-refractivity contribution in [1.82, 2.24) is 20.2 Å². The maximum atomic E-state index is 12.1. The van der Waals surface area contributed by atoms with Crippen LogP contribution in [0.15, 0.2) is 48.9 Å². The van der Waals surface area contributed by atoms with Gasteiger partial charge in [-0.15, -0.1) is 0 Å². The fourth-order valence-corrected chi connectivity index (χ4v) is 2.84. The molecule has 0 saturated carbocycles. The van der Waals surface area contributed by atoms with E-state index in [1.165, 1.54) is 5.56 Å². The van der Waals surface area contributed by atoms with E-state index in [-0.39, 0.29) is 5.91 Å². The Labute approximate surface area is 142 Å². The Balaban J connectivity index is 1.36. The number of hydrogen-bond donors (Lipinski definition) is 1. The van der Waals surface area contributed by atoms with Crippen LogP contribution >= 0.6 is 0 Å². The molecule has 3 rings (SSSR count). The van der Waals surface area contributed by atoms with Crippen molar-refractivity contribution in [3.8, 4) is 0 Å². The molecule has 2 heterocycles. The molecule has 1 aromatic carbocycles. The molecule has 1 saturated heterocycles. The Kier molecular flexibility index (Phi) is 5.74. The highest BCUT2D eigenvalue weighted by molar-refractivity contribution is 5.78. The first-order valence-corrected chi connectivity index (χ1v) is 8.35. The molecule has 0 spiro atoms. The summed E-state index contributed by atoms with van der Waals surface area (Å²) >= 11 is 0. The van der Waals surface area contributed by atoms with Gasteiger partial charge in [-0.25, -0.2) is 4.98 Å². The number of benzene rings is 1. The fraction of sp³-hybridized carbons (Fsp3) is 0.389. The third-order valence-corrected chi connectivity index (χ3v) is 4.19. The van der Waals surface area contributed by atoms with Gasteiger partial charge in [0.2, 0.25) is 5.91 Å². The maximum absolute atomic E-state index is 12.1. The number of carbonyl (C=O) groups is 1. The van der Waals surface area contributed by atoms with Crippen LogP contribution in [-0.4, -0.2) is 60.0 Å². The molecular weight excluding hydrogens is 302 g/mol. The maximum Gasteiger partial charge on any atom is 0.234 e. The Morgan fingerprint density at radius 3 is 2.58 bits per heavy atom. The molecule has 2 aromatic rings. The Morgan fingerprint density at radius 1 is 1.08 bits per heavy atom. The van der Waals surface area contributed by atoms with Crippen molar-refractivity contribution in [2.75, 3.05) is 44.2 Å². The van der Waals surface area contributed by atoms with Gasteiger partial charge in [-0.05, 0) is 12.0 Å². The van der Waals surface area contributed by atoms with Crippen molar-refractivity contribution >= 4 is 11.7 Å². The van der Waals surface area contributed by atoms with E-state index >= 15 is 0 Å². The zero-order valence-electron chi connectivity index (χ0n) is 13.8. The minimum Gasteiger partial charge on any atom is -0.355 e. The van der Waals surface area contributed by atoms with Gasteiger partial charge in [0.25, 0.3) is 0 Å². The van der Waals surface area contributed by atoms with Crippen LogP contribution in [0.25, 0.3) is 0 Å². The van der Waals surface area contributed by atoms with Gasteiger partial charge in [0.15, 0.2) is 0 Å². The first-order chi connectivity index (χ1) is 11.8. The molecule has 1 aromatic heterocycles. The van der Waals surface area contributed by atoms with Crippen LogP contribution in [0.4, 0.5) is 5.82 Å². The quantitative estimate of drug-likeness (QED) is 0.857. The van der Waals surface area contributed by atoms with E-state index in [4.69, 9.17) is 0 Å². The number of aromatic nitrogens is 2. The van der Waals surface area contributed by atoms with Crippen molar-refractivity contribution in [2.24, 2.45) is 0 Å². The summed E-state index contributed by atoms with van der Waals surface area (Å²) in [7, 11) is 0. The lowest BCUT2D eigenvalue weighted by atomic mass is 10.1. The molecule has 1 amide bonds. The van der Waals surface area contributed by atoms with Crippen molar-refractivity contribution in [2.45, 2.75) is 6.42 Å². The first kappa shape index (κ1) is 16.4. The molecule has 1 aliphatic rings. The van der Waals surface area contributed by atoms with Gasteiger partial charge in [0, 0.05) is 45.1 Å². The third kappa shape index (κ3) is 4.76. The third-order valence-electron chi connectivity index (χ3n) is 4.19. The van der Waals surface area contributed by atoms with E-state index < -0.39 is 0 Å². The number of rotatable bonds is 6. The summed E-state index contributed by atoms with van der Waals surface area (Å²) in [5.74, 6) is 1.00. The number of anilines is 1. The van der Waals surface area contributed by atoms with Crippen LogP contribution < -0.4 is 10.2 Å². The lowest BCUT2D eigenvalue weighted by molar-refractivity contribution is -0.122. The topological polar surface area (TPSA) is 61.4 Å². The van der Waals surface area contributed by atoms with Crippen LogP contribution in [0.3, 0.4) is 0 Å². The highest BCUT2D eigenvalue weighted by Gasteiger charge is 2.19. The summed E-state index contributed by atoms with van der Waals surface area (Å²) in [6.07, 6.45) is 6.04. The van der Waals surface area contributed by atoms with Crippen molar-refractivity contribution in [1.29, 1.82) is 0 Å². The Hall–Kier alpha value is -2.47. The van der Waals surface area contributed by atoms with Crippen LogP contribution in [0.1, 0.15) is 5.56 Å². The molecular formula is C18H23N5O. The summed E-state index contributed by atoms with van der Waals surface area (Å²) in [5, 5.41) is 3.00. The second kappa shape index (κ2) is 8.40. The summed E-state index contributed by atoms with van der Waals surface area (Å²) in [6, 6.07) is 10.2. The average Bonchev–Trinajstić information content (AvgIpc) is 2.64. The summed E-state index contributed by atoms with van der Waals surface area (Å²) < 4.78 is 0. The van der Waals surface area contributed by atoms with Gasteiger partial charge < -0.3 is 10.2 Å². The molecule has 0 bridgehead atoms. The molecule has 6 heteroatoms. The lowest BCUT2D eigenvalue weighted by Crippen LogP contribution is -2.49. The van der Waals surface area contributed by atoms with Crippen molar-refractivity contribution in [3.63, 3.8) is 0 Å². The number of hydrogen-bond acceptors (Lipinski definition) is 5. The van der Waals surface area contributed by atoms with E-state index in [1.54, 1.807) is 18.6 Å². The van der Waals surface area contributed by atoms with E-state index in [9.17, 15) is 4.79 Å². The van der Waals surface area contributed by atoms with E-state index in [0.717, 1.165) is 38.4 Å². The number of amides is 1. The van der Waals surface area contributed by atoms with E-state index in [0.29, 0.717) is 13.1 Å². The smallest absolute Gasteiger partial charge is 0.234 e. The molecule has 0 aliphatic carbocycles. The highest BCUT2D eigenvalue weighted by Crippen LogP contribution is 2.11. The summed E-state index contributed by atoms with van der Waals surface area (Å²) in [6.45, 7) is 4.61. The molecule has 0 unspecified atom stereocenters. The normalized spacial score (nSPS) is 15.2. The fourth-order valence-electron chi connectivity index (χ4n) is 2.84. The predicted octanol–water partition coefficient (Wildman–Crippen LogP) is 0.958. The molecule has 1 aliphatic heterocycles. The van der Waals surface area contributed by atoms with Gasteiger partial charge >= 0.3 is 0 Å². The van der Waals surface area contributed by atoms with Crippen LogP contribution in [0, 0.1) is 0 Å². The largest absolute Gasteiger partial charge is 0.355 e. The molecule has 1 N–H and O–H groups in total. The first-order valence-electron chi connectivity index (χ1n) is 8.35. The van der Waals surface area contributed by atoms with Crippen LogP contribution in [-0.2, 0) is 11.2 Å². The summed E-state index contributed by atoms with van der Waals surface area (Å²) in [5.41, 5.74) is 1.25. The highest BCUT2D eigenvalue weighted by atomic mass is 16.2. The minimum absolute atomic E-state index is 0.0962. The zero-order chi connectivity index (χ0) is 16.6. The number of nitrogens with one attached hydrogen (secondary N) is 1. The monoisotopic (exact) mass is 325 g/mol. The average molecular weight is 325 g/mol. The zero-order valence-corrected chi connectivity index (χ0v) is 13.8. The number of nitrogens with zero attached hydrogens (tertiary/aromatic N) is 4. The number of piperazine rings is 1. The van der Waals surface area contributed by atoms with Gasteiger partial charge in [0.1, 0.15) is 5.82 Å². The standard InChI is InChI=1S/C18H23N5O/c24-18(21-7-6-16-4-2-1-3-5-16)15-22-10-12-23(13-11-22)17-14-19-8-9-20-17/h1-5,8-9,14H,6-7,10-13,15H2,(H,21,24). The van der Waals surface area contributed by atoms with Crippen LogP contribution in [0.5, 0.6) is 0 Å². The molecule has 24 heavy (non-hydrogen) atoms. The minimum atomic E-state index is 0.0962. The van der Waals surface area contributed by atoms with E-state index in [1.807, 2.05) is 18.2 Å². The molecule has 1 fully saturated rings. The SMILES string of the molecule is O=C(CN1CCN(c2cnccn2)CC1)NCCc1ccccc1. The lowest BCUT2D eigenvalue weighted by Gasteiger charge is -2.34. The molecule has 0 radical (unpaired) electrons. The Bertz CT molecular complexity index is 626. The molecule has 6 nitrogen and oxygen atoms in total. The van der Waals surface area contributed by atoms with Gasteiger partial charge in [-0.1, -0.05) is 30.3 Å². The van der Waals surface area contributed by atoms with Gasteiger partial charge in [-0.2, -0.15) is 0 Å². The van der Waals surface area contributed by atoms with Crippen molar-refractivity contribution in [3.05, 3.63) is 54.5 Å². The number of carbonyl (C=O) groups excluding carboxylic acids is 1. The van der Waals surface area contributed by atoms with Gasteiger partial charge in [0.05, 0.1) is 12.7 Å². The molecule has 0 atom stereocenters. The van der Waals surface area contributed by atoms with E-state index in [2.05, 4.69) is 37.2 Å². The Morgan fingerprint density at radius 2 is 1.88 bits per heavy atom.